The second kappa shape index (κ2) is 7.00. The molecule has 0 saturated heterocycles. The van der Waals surface area contributed by atoms with Crippen molar-refractivity contribution in [2.75, 3.05) is 12.4 Å². The molecule has 0 saturated carbocycles. The van der Waals surface area contributed by atoms with Crippen LogP contribution in [0.4, 0.5) is 14.5 Å². The quantitative estimate of drug-likeness (QED) is 0.892. The molecule has 4 nitrogen and oxygen atoms in total. The third kappa shape index (κ3) is 4.02. The second-order valence-electron chi connectivity index (χ2n) is 4.67. The first kappa shape index (κ1) is 15.9. The summed E-state index contributed by atoms with van der Waals surface area (Å²) < 4.78 is 31.6. The molecular formula is C16H15F2NO3. The summed E-state index contributed by atoms with van der Waals surface area (Å²) in [6, 6.07) is 9.25. The number of aliphatic hydroxyl groups is 1. The molecule has 0 aliphatic carbocycles. The van der Waals surface area contributed by atoms with Crippen LogP contribution in [-0.2, 0) is 4.79 Å². The molecule has 2 N–H and O–H groups in total. The Hall–Kier alpha value is -2.47. The molecule has 0 aliphatic rings. The van der Waals surface area contributed by atoms with E-state index in [-0.39, 0.29) is 17.7 Å². The van der Waals surface area contributed by atoms with Gasteiger partial charge in [0, 0.05) is 6.07 Å². The van der Waals surface area contributed by atoms with Gasteiger partial charge in [0.05, 0.1) is 25.3 Å². The molecule has 0 aliphatic heterocycles. The average Bonchev–Trinajstić information content (AvgIpc) is 2.49. The van der Waals surface area contributed by atoms with E-state index in [4.69, 9.17) is 4.74 Å². The molecule has 0 spiro atoms. The lowest BCUT2D eigenvalue weighted by atomic mass is 10.1. The van der Waals surface area contributed by atoms with Gasteiger partial charge in [0.15, 0.2) is 0 Å². The second-order valence-corrected chi connectivity index (χ2v) is 4.67. The van der Waals surface area contributed by atoms with Crippen molar-refractivity contribution in [3.63, 3.8) is 0 Å². The average molecular weight is 307 g/mol. The summed E-state index contributed by atoms with van der Waals surface area (Å²) in [6.45, 7) is 0. The van der Waals surface area contributed by atoms with Crippen molar-refractivity contribution < 1.29 is 23.4 Å². The van der Waals surface area contributed by atoms with Gasteiger partial charge in [-0.2, -0.15) is 0 Å². The van der Waals surface area contributed by atoms with Crippen molar-refractivity contribution in [1.82, 2.24) is 0 Å². The molecule has 116 valence electrons. The fourth-order valence-corrected chi connectivity index (χ4v) is 1.94. The maximum Gasteiger partial charge on any atom is 0.227 e. The van der Waals surface area contributed by atoms with E-state index in [0.29, 0.717) is 5.75 Å². The molecule has 2 aromatic rings. The molecular weight excluding hydrogens is 292 g/mol. The summed E-state index contributed by atoms with van der Waals surface area (Å²) in [5.41, 5.74) is 0.233. The number of ether oxygens (including phenoxy) is 1. The number of carbonyl (C=O) groups is 1. The minimum absolute atomic E-state index is 0.0456. The Morgan fingerprint density at radius 1 is 1.27 bits per heavy atom. The number of benzene rings is 2. The fourth-order valence-electron chi connectivity index (χ4n) is 1.94. The Bertz CT molecular complexity index is 676. The Kier molecular flexibility index (Phi) is 5.06. The summed E-state index contributed by atoms with van der Waals surface area (Å²) in [6.07, 6.45) is -1.50. The zero-order valence-electron chi connectivity index (χ0n) is 11.8. The predicted octanol–water partition coefficient (Wildman–Crippen LogP) is 3.04. The zero-order valence-corrected chi connectivity index (χ0v) is 11.8. The van der Waals surface area contributed by atoms with Crippen LogP contribution < -0.4 is 10.1 Å². The van der Waals surface area contributed by atoms with Gasteiger partial charge >= 0.3 is 0 Å². The number of hydrogen-bond acceptors (Lipinski definition) is 3. The summed E-state index contributed by atoms with van der Waals surface area (Å²) in [5.74, 6) is -1.32. The van der Waals surface area contributed by atoms with Crippen molar-refractivity contribution in [3.05, 3.63) is 59.7 Å². The maximum absolute atomic E-state index is 13.6. The largest absolute Gasteiger partial charge is 0.497 e. The van der Waals surface area contributed by atoms with E-state index in [1.807, 2.05) is 0 Å². The highest BCUT2D eigenvalue weighted by Gasteiger charge is 2.15. The summed E-state index contributed by atoms with van der Waals surface area (Å²) in [5, 5.41) is 12.3. The Morgan fingerprint density at radius 3 is 2.73 bits per heavy atom. The molecule has 0 bridgehead atoms. The van der Waals surface area contributed by atoms with E-state index < -0.39 is 23.6 Å². The summed E-state index contributed by atoms with van der Waals surface area (Å²) in [7, 11) is 1.42. The van der Waals surface area contributed by atoms with E-state index in [0.717, 1.165) is 12.1 Å². The Balaban J connectivity index is 2.04. The lowest BCUT2D eigenvalue weighted by Gasteiger charge is -2.12. The van der Waals surface area contributed by atoms with Crippen LogP contribution in [0.15, 0.2) is 42.5 Å². The monoisotopic (exact) mass is 307 g/mol. The number of halogens is 2. The molecule has 0 fully saturated rings. The third-order valence-corrected chi connectivity index (χ3v) is 3.06. The number of carbonyl (C=O) groups excluding carboxylic acids is 1. The number of rotatable bonds is 5. The summed E-state index contributed by atoms with van der Waals surface area (Å²) in [4.78, 5) is 11.9. The van der Waals surface area contributed by atoms with Crippen LogP contribution in [0, 0.1) is 11.6 Å². The van der Waals surface area contributed by atoms with Crippen LogP contribution >= 0.6 is 0 Å². The molecule has 1 atom stereocenters. The van der Waals surface area contributed by atoms with Crippen molar-refractivity contribution in [2.45, 2.75) is 12.5 Å². The van der Waals surface area contributed by atoms with Crippen molar-refractivity contribution >= 4 is 11.6 Å². The number of methoxy groups -OCH3 is 1. The van der Waals surface area contributed by atoms with E-state index in [2.05, 4.69) is 5.32 Å². The standard InChI is InChI=1S/C16H15F2NO3/c1-22-12-5-6-13(18)14(8-12)19-16(21)9-15(20)10-3-2-4-11(17)7-10/h2-8,15,20H,9H2,1H3,(H,19,21). The zero-order chi connectivity index (χ0) is 16.1. The first-order chi connectivity index (χ1) is 10.5. The van der Waals surface area contributed by atoms with E-state index in [9.17, 15) is 18.7 Å². The van der Waals surface area contributed by atoms with Crippen LogP contribution in [-0.4, -0.2) is 18.1 Å². The molecule has 22 heavy (non-hydrogen) atoms. The van der Waals surface area contributed by atoms with Gasteiger partial charge in [0.25, 0.3) is 0 Å². The summed E-state index contributed by atoms with van der Waals surface area (Å²) >= 11 is 0. The van der Waals surface area contributed by atoms with Gasteiger partial charge in [0.1, 0.15) is 17.4 Å². The normalized spacial score (nSPS) is 11.8. The van der Waals surface area contributed by atoms with Gasteiger partial charge in [-0.15, -0.1) is 0 Å². The van der Waals surface area contributed by atoms with Crippen LogP contribution in [0.1, 0.15) is 18.1 Å². The Labute approximate surface area is 126 Å². The third-order valence-electron chi connectivity index (χ3n) is 3.06. The lowest BCUT2D eigenvalue weighted by Crippen LogP contribution is -2.16. The first-order valence-corrected chi connectivity index (χ1v) is 6.56. The van der Waals surface area contributed by atoms with Gasteiger partial charge in [-0.25, -0.2) is 8.78 Å². The molecule has 6 heteroatoms. The number of hydrogen-bond donors (Lipinski definition) is 2. The smallest absolute Gasteiger partial charge is 0.227 e. The minimum Gasteiger partial charge on any atom is -0.497 e. The van der Waals surface area contributed by atoms with Gasteiger partial charge < -0.3 is 15.2 Å². The number of nitrogens with one attached hydrogen (secondary N) is 1. The minimum atomic E-state index is -1.18. The van der Waals surface area contributed by atoms with Gasteiger partial charge in [-0.05, 0) is 29.8 Å². The highest BCUT2D eigenvalue weighted by atomic mass is 19.1. The number of anilines is 1. The van der Waals surface area contributed by atoms with Crippen LogP contribution in [0.3, 0.4) is 0 Å². The van der Waals surface area contributed by atoms with E-state index >= 15 is 0 Å². The molecule has 1 unspecified atom stereocenters. The van der Waals surface area contributed by atoms with Crippen molar-refractivity contribution in [1.29, 1.82) is 0 Å². The number of aliphatic hydroxyl groups excluding tert-OH is 1. The molecule has 0 heterocycles. The molecule has 0 aromatic heterocycles. The SMILES string of the molecule is COc1ccc(F)c(NC(=O)CC(O)c2cccc(F)c2)c1. The van der Waals surface area contributed by atoms with Gasteiger partial charge in [0.2, 0.25) is 5.91 Å². The molecule has 0 radical (unpaired) electrons. The highest BCUT2D eigenvalue weighted by Crippen LogP contribution is 2.23. The topological polar surface area (TPSA) is 58.6 Å². The fraction of sp³-hybridized carbons (Fsp3) is 0.188. The predicted molar refractivity (Wildman–Crippen MR) is 77.6 cm³/mol. The van der Waals surface area contributed by atoms with Crippen LogP contribution in [0.2, 0.25) is 0 Å². The van der Waals surface area contributed by atoms with Gasteiger partial charge in [-0.1, -0.05) is 12.1 Å². The highest BCUT2D eigenvalue weighted by molar-refractivity contribution is 5.91. The van der Waals surface area contributed by atoms with Crippen LogP contribution in [0.25, 0.3) is 0 Å². The van der Waals surface area contributed by atoms with E-state index in [1.165, 1.54) is 37.4 Å². The lowest BCUT2D eigenvalue weighted by molar-refractivity contribution is -0.118. The van der Waals surface area contributed by atoms with Crippen molar-refractivity contribution in [2.24, 2.45) is 0 Å². The molecule has 2 aromatic carbocycles. The molecule has 2 rings (SSSR count). The molecule has 1 amide bonds. The van der Waals surface area contributed by atoms with Gasteiger partial charge in [-0.3, -0.25) is 4.79 Å². The number of amides is 1. The van der Waals surface area contributed by atoms with Crippen LogP contribution in [0.5, 0.6) is 5.75 Å². The Morgan fingerprint density at radius 2 is 2.05 bits per heavy atom. The van der Waals surface area contributed by atoms with Crippen molar-refractivity contribution in [3.8, 4) is 5.75 Å². The van der Waals surface area contributed by atoms with E-state index in [1.54, 1.807) is 0 Å². The first-order valence-electron chi connectivity index (χ1n) is 6.56. The maximum atomic E-state index is 13.6.